The Labute approximate surface area is 111 Å². The minimum absolute atomic E-state index is 0.00376. The van der Waals surface area contributed by atoms with Crippen LogP contribution in [0.4, 0.5) is 0 Å². The van der Waals surface area contributed by atoms with Crippen molar-refractivity contribution < 1.29 is 9.26 Å². The lowest BCUT2D eigenvalue weighted by Crippen LogP contribution is -2.29. The first-order chi connectivity index (χ1) is 8.56. The molecule has 0 bridgehead atoms. The highest BCUT2D eigenvalue weighted by molar-refractivity contribution is 6.31. The van der Waals surface area contributed by atoms with Crippen LogP contribution in [0.1, 0.15) is 20.3 Å². The van der Waals surface area contributed by atoms with Crippen LogP contribution >= 0.6 is 11.6 Å². The lowest BCUT2D eigenvalue weighted by molar-refractivity contribution is 0.250. The van der Waals surface area contributed by atoms with Crippen molar-refractivity contribution >= 4 is 22.6 Å². The molecule has 0 radical (unpaired) electrons. The molecule has 1 heterocycles. The molecule has 0 aliphatic carbocycles. The fourth-order valence-corrected chi connectivity index (χ4v) is 2.02. The lowest BCUT2D eigenvalue weighted by Gasteiger charge is -2.13. The molecule has 2 aromatic rings. The van der Waals surface area contributed by atoms with Crippen molar-refractivity contribution in [3.63, 3.8) is 0 Å². The van der Waals surface area contributed by atoms with Crippen LogP contribution in [0, 0.1) is 5.92 Å². The Balaban J connectivity index is 2.05. The maximum absolute atomic E-state index is 5.96. The van der Waals surface area contributed by atoms with Crippen LogP contribution in [0.3, 0.4) is 0 Å². The molecule has 0 saturated carbocycles. The third-order valence-corrected chi connectivity index (χ3v) is 2.84. The fraction of sp³-hybridized carbons (Fsp3) is 0.462. The zero-order chi connectivity index (χ0) is 13.1. The minimum atomic E-state index is -0.00376. The molecule has 1 atom stereocenters. The standard InChI is InChI=1S/C13H17ClN2O2/c1-8(2)5-10(15)7-17-13-11-6-9(14)3-4-12(11)18-16-13/h3-4,6,8,10H,5,7,15H2,1-2H3. The van der Waals surface area contributed by atoms with Crippen LogP contribution in [0.25, 0.3) is 11.0 Å². The van der Waals surface area contributed by atoms with Crippen LogP contribution in [0.15, 0.2) is 22.7 Å². The van der Waals surface area contributed by atoms with E-state index in [2.05, 4.69) is 19.0 Å². The monoisotopic (exact) mass is 268 g/mol. The van der Waals surface area contributed by atoms with Crippen LogP contribution in [-0.4, -0.2) is 17.8 Å². The maximum Gasteiger partial charge on any atom is 0.262 e. The molecule has 1 aromatic heterocycles. The molecular weight excluding hydrogens is 252 g/mol. The summed E-state index contributed by atoms with van der Waals surface area (Å²) in [5, 5.41) is 5.28. The van der Waals surface area contributed by atoms with E-state index in [4.69, 9.17) is 26.6 Å². The second-order valence-electron chi connectivity index (χ2n) is 4.83. The molecule has 0 aliphatic rings. The fourth-order valence-electron chi connectivity index (χ4n) is 1.85. The molecule has 4 nitrogen and oxygen atoms in total. The molecule has 0 amide bonds. The summed E-state index contributed by atoms with van der Waals surface area (Å²) < 4.78 is 10.7. The molecule has 0 spiro atoms. The quantitative estimate of drug-likeness (QED) is 0.904. The number of hydrogen-bond acceptors (Lipinski definition) is 4. The van der Waals surface area contributed by atoms with Gasteiger partial charge in [-0.25, -0.2) is 0 Å². The number of nitrogens with two attached hydrogens (primary N) is 1. The van der Waals surface area contributed by atoms with Crippen molar-refractivity contribution in [3.05, 3.63) is 23.2 Å². The maximum atomic E-state index is 5.96. The van der Waals surface area contributed by atoms with E-state index in [-0.39, 0.29) is 6.04 Å². The first-order valence-electron chi connectivity index (χ1n) is 5.99. The average molecular weight is 269 g/mol. The molecule has 0 saturated heterocycles. The minimum Gasteiger partial charge on any atom is -0.473 e. The van der Waals surface area contributed by atoms with E-state index >= 15 is 0 Å². The van der Waals surface area contributed by atoms with Crippen molar-refractivity contribution in [3.8, 4) is 5.88 Å². The first kappa shape index (κ1) is 13.2. The summed E-state index contributed by atoms with van der Waals surface area (Å²) in [7, 11) is 0. The topological polar surface area (TPSA) is 61.3 Å². The molecule has 98 valence electrons. The van der Waals surface area contributed by atoms with E-state index in [1.165, 1.54) is 0 Å². The summed E-state index contributed by atoms with van der Waals surface area (Å²) in [5.41, 5.74) is 6.61. The van der Waals surface area contributed by atoms with Gasteiger partial charge < -0.3 is 15.0 Å². The molecule has 0 aliphatic heterocycles. The van der Waals surface area contributed by atoms with Gasteiger partial charge in [0.2, 0.25) is 0 Å². The van der Waals surface area contributed by atoms with Crippen LogP contribution in [-0.2, 0) is 0 Å². The Morgan fingerprint density at radius 3 is 2.94 bits per heavy atom. The molecular formula is C13H17ClN2O2. The number of rotatable bonds is 5. The largest absolute Gasteiger partial charge is 0.473 e. The number of aromatic nitrogens is 1. The smallest absolute Gasteiger partial charge is 0.262 e. The SMILES string of the molecule is CC(C)CC(N)COc1noc2ccc(Cl)cc12. The van der Waals surface area contributed by atoms with Gasteiger partial charge in [-0.05, 0) is 35.7 Å². The number of fused-ring (bicyclic) bond motifs is 1. The molecule has 1 aromatic carbocycles. The molecule has 18 heavy (non-hydrogen) atoms. The molecule has 2 N–H and O–H groups in total. The Hall–Kier alpha value is -1.26. The van der Waals surface area contributed by atoms with Gasteiger partial charge in [-0.2, -0.15) is 0 Å². The van der Waals surface area contributed by atoms with Gasteiger partial charge >= 0.3 is 0 Å². The summed E-state index contributed by atoms with van der Waals surface area (Å²) in [5.74, 6) is 0.999. The van der Waals surface area contributed by atoms with Gasteiger partial charge in [0.05, 0.1) is 5.39 Å². The van der Waals surface area contributed by atoms with Gasteiger partial charge in [0, 0.05) is 11.1 Å². The predicted octanol–water partition coefficient (Wildman–Crippen LogP) is 3.23. The summed E-state index contributed by atoms with van der Waals surface area (Å²) in [6.07, 6.45) is 0.913. The number of halogens is 1. The van der Waals surface area contributed by atoms with Crippen LogP contribution in [0.2, 0.25) is 5.02 Å². The number of ether oxygens (including phenoxy) is 1. The van der Waals surface area contributed by atoms with Crippen LogP contribution < -0.4 is 10.5 Å². The summed E-state index contributed by atoms with van der Waals surface area (Å²) in [4.78, 5) is 0. The van der Waals surface area contributed by atoms with Crippen molar-refractivity contribution in [2.24, 2.45) is 11.7 Å². The zero-order valence-corrected chi connectivity index (χ0v) is 11.3. The van der Waals surface area contributed by atoms with Gasteiger partial charge in [-0.1, -0.05) is 25.4 Å². The van der Waals surface area contributed by atoms with E-state index in [9.17, 15) is 0 Å². The average Bonchev–Trinajstić information content (AvgIpc) is 2.68. The molecule has 0 fully saturated rings. The number of hydrogen-bond donors (Lipinski definition) is 1. The van der Waals surface area contributed by atoms with Gasteiger partial charge in [-0.15, -0.1) is 0 Å². The lowest BCUT2D eigenvalue weighted by atomic mass is 10.1. The summed E-state index contributed by atoms with van der Waals surface area (Å²) in [6.45, 7) is 4.68. The van der Waals surface area contributed by atoms with Gasteiger partial charge in [0.15, 0.2) is 5.58 Å². The van der Waals surface area contributed by atoms with Crippen molar-refractivity contribution in [1.29, 1.82) is 0 Å². The highest BCUT2D eigenvalue weighted by Gasteiger charge is 2.12. The van der Waals surface area contributed by atoms with E-state index in [0.29, 0.717) is 29.0 Å². The van der Waals surface area contributed by atoms with Gasteiger partial charge in [0.25, 0.3) is 5.88 Å². The normalized spacial score (nSPS) is 13.2. The molecule has 5 heteroatoms. The Morgan fingerprint density at radius 2 is 2.22 bits per heavy atom. The van der Waals surface area contributed by atoms with E-state index in [1.807, 2.05) is 0 Å². The summed E-state index contributed by atoms with van der Waals surface area (Å²) >= 11 is 5.93. The zero-order valence-electron chi connectivity index (χ0n) is 10.5. The van der Waals surface area contributed by atoms with Gasteiger partial charge in [-0.3, -0.25) is 0 Å². The van der Waals surface area contributed by atoms with Gasteiger partial charge in [0.1, 0.15) is 6.61 Å². The predicted molar refractivity (Wildman–Crippen MR) is 71.9 cm³/mol. The molecule has 2 rings (SSSR count). The second kappa shape index (κ2) is 5.59. The third-order valence-electron chi connectivity index (χ3n) is 2.61. The molecule has 1 unspecified atom stereocenters. The van der Waals surface area contributed by atoms with E-state index in [1.54, 1.807) is 18.2 Å². The second-order valence-corrected chi connectivity index (χ2v) is 5.27. The Kier molecular flexibility index (Phi) is 4.09. The van der Waals surface area contributed by atoms with E-state index in [0.717, 1.165) is 11.8 Å². The summed E-state index contributed by atoms with van der Waals surface area (Å²) in [6, 6.07) is 5.29. The third kappa shape index (κ3) is 3.15. The highest BCUT2D eigenvalue weighted by Crippen LogP contribution is 2.27. The van der Waals surface area contributed by atoms with Crippen molar-refractivity contribution in [2.45, 2.75) is 26.3 Å². The Morgan fingerprint density at radius 1 is 1.44 bits per heavy atom. The van der Waals surface area contributed by atoms with Crippen molar-refractivity contribution in [2.75, 3.05) is 6.61 Å². The van der Waals surface area contributed by atoms with Crippen LogP contribution in [0.5, 0.6) is 5.88 Å². The first-order valence-corrected chi connectivity index (χ1v) is 6.37. The number of benzene rings is 1. The Bertz CT molecular complexity index is 525. The van der Waals surface area contributed by atoms with E-state index < -0.39 is 0 Å². The number of nitrogens with zero attached hydrogens (tertiary/aromatic N) is 1. The van der Waals surface area contributed by atoms with Crippen molar-refractivity contribution in [1.82, 2.24) is 5.16 Å². The highest BCUT2D eigenvalue weighted by atomic mass is 35.5.